The number of nitrogens with one attached hydrogen (secondary N) is 2. The Hall–Kier alpha value is -2.02. The summed E-state index contributed by atoms with van der Waals surface area (Å²) < 4.78 is 40.1. The van der Waals surface area contributed by atoms with E-state index < -0.39 is 11.9 Å². The number of pyridine rings is 1. The molecule has 1 aromatic carbocycles. The first kappa shape index (κ1) is 22.8. The first-order chi connectivity index (χ1) is 15.7. The van der Waals surface area contributed by atoms with Gasteiger partial charge in [-0.15, -0.1) is 0 Å². The molecule has 3 aliphatic carbocycles. The first-order valence-electron chi connectivity index (χ1n) is 12.0. The summed E-state index contributed by atoms with van der Waals surface area (Å²) in [7, 11) is 0. The second-order valence-electron chi connectivity index (χ2n) is 10.1. The molecular weight excluding hydrogens is 451 g/mol. The number of halogens is 4. The van der Waals surface area contributed by atoms with E-state index in [2.05, 4.69) is 15.6 Å². The molecule has 3 atom stereocenters. The number of carbonyl (C=O) groups excluding carboxylic acids is 1. The van der Waals surface area contributed by atoms with E-state index >= 15 is 0 Å². The molecule has 2 N–H and O–H groups in total. The van der Waals surface area contributed by atoms with Crippen LogP contribution >= 0.6 is 11.6 Å². The van der Waals surface area contributed by atoms with Crippen LogP contribution in [0.25, 0.3) is 10.9 Å². The number of benzene rings is 1. The minimum absolute atomic E-state index is 0.0365. The molecule has 0 spiro atoms. The van der Waals surface area contributed by atoms with Gasteiger partial charge in [-0.1, -0.05) is 18.0 Å². The summed E-state index contributed by atoms with van der Waals surface area (Å²) in [5.74, 6) is 2.29. The van der Waals surface area contributed by atoms with Gasteiger partial charge in [0.25, 0.3) is 0 Å². The summed E-state index contributed by atoms with van der Waals surface area (Å²) in [4.78, 5) is 16.3. The Morgan fingerprint density at radius 1 is 1.03 bits per heavy atom. The van der Waals surface area contributed by atoms with Crippen LogP contribution in [-0.2, 0) is 11.0 Å². The standard InChI is InChI=1S/C25H29ClF3N3O/c26-17-3-8-21-20(12-17)22(13-23(32-21)25(27,28)29)30-18-4-6-19(7-5-18)31-24(33)11-16-10-14-1-2-15(16)9-14/h3,8,12-16,18-19H,1-2,4-7,9-11H2,(H,30,32)(H,31,33). The largest absolute Gasteiger partial charge is 0.433 e. The van der Waals surface area contributed by atoms with E-state index in [1.165, 1.54) is 31.7 Å². The smallest absolute Gasteiger partial charge is 0.382 e. The maximum absolute atomic E-state index is 13.4. The van der Waals surface area contributed by atoms with E-state index in [0.29, 0.717) is 28.4 Å². The van der Waals surface area contributed by atoms with Gasteiger partial charge < -0.3 is 10.6 Å². The predicted molar refractivity (Wildman–Crippen MR) is 123 cm³/mol. The number of amides is 1. The highest BCUT2D eigenvalue weighted by atomic mass is 35.5. The number of alkyl halides is 3. The van der Waals surface area contributed by atoms with Crippen LogP contribution in [0, 0.1) is 17.8 Å². The monoisotopic (exact) mass is 479 g/mol. The van der Waals surface area contributed by atoms with Crippen LogP contribution < -0.4 is 10.6 Å². The Morgan fingerprint density at radius 2 is 1.79 bits per heavy atom. The number of rotatable bonds is 5. The van der Waals surface area contributed by atoms with Crippen LogP contribution in [0.5, 0.6) is 0 Å². The topological polar surface area (TPSA) is 54.0 Å². The molecule has 3 fully saturated rings. The quantitative estimate of drug-likeness (QED) is 0.509. The molecule has 3 saturated carbocycles. The van der Waals surface area contributed by atoms with Crippen LogP contribution in [0.3, 0.4) is 0 Å². The highest BCUT2D eigenvalue weighted by Crippen LogP contribution is 2.49. The number of hydrogen-bond acceptors (Lipinski definition) is 3. The maximum Gasteiger partial charge on any atom is 0.433 e. The molecule has 0 saturated heterocycles. The molecule has 178 valence electrons. The van der Waals surface area contributed by atoms with Gasteiger partial charge in [0, 0.05) is 34.6 Å². The van der Waals surface area contributed by atoms with Gasteiger partial charge in [-0.2, -0.15) is 13.2 Å². The van der Waals surface area contributed by atoms with E-state index in [-0.39, 0.29) is 23.5 Å². The van der Waals surface area contributed by atoms with Gasteiger partial charge in [-0.25, -0.2) is 4.98 Å². The zero-order valence-corrected chi connectivity index (χ0v) is 19.2. The predicted octanol–water partition coefficient (Wildman–Crippen LogP) is 6.57. The Morgan fingerprint density at radius 3 is 2.45 bits per heavy atom. The summed E-state index contributed by atoms with van der Waals surface area (Å²) >= 11 is 6.09. The lowest BCUT2D eigenvalue weighted by Gasteiger charge is -2.31. The minimum atomic E-state index is -4.52. The van der Waals surface area contributed by atoms with E-state index in [1.807, 2.05) is 0 Å². The summed E-state index contributed by atoms with van der Waals surface area (Å²) in [5.41, 5.74) is -0.252. The molecule has 1 heterocycles. The van der Waals surface area contributed by atoms with Crippen molar-refractivity contribution in [1.29, 1.82) is 0 Å². The second kappa shape index (κ2) is 8.97. The summed E-state index contributed by atoms with van der Waals surface area (Å²) in [5, 5.41) is 7.55. The molecule has 3 aliphatic rings. The zero-order chi connectivity index (χ0) is 23.2. The summed E-state index contributed by atoms with van der Waals surface area (Å²) in [6.45, 7) is 0. The average Bonchev–Trinajstić information content (AvgIpc) is 3.38. The Balaban J connectivity index is 1.19. The van der Waals surface area contributed by atoms with Crippen molar-refractivity contribution in [3.8, 4) is 0 Å². The fourth-order valence-electron chi connectivity index (χ4n) is 6.22. The third-order valence-corrected chi connectivity index (χ3v) is 8.08. The first-order valence-corrected chi connectivity index (χ1v) is 12.4. The third-order valence-electron chi connectivity index (χ3n) is 7.85. The Bertz CT molecular complexity index is 1040. The molecule has 33 heavy (non-hydrogen) atoms. The van der Waals surface area contributed by atoms with Crippen molar-refractivity contribution in [3.05, 3.63) is 35.0 Å². The third kappa shape index (κ3) is 5.08. The van der Waals surface area contributed by atoms with Crippen molar-refractivity contribution >= 4 is 34.1 Å². The highest BCUT2D eigenvalue weighted by Gasteiger charge is 2.40. The van der Waals surface area contributed by atoms with E-state index in [9.17, 15) is 18.0 Å². The summed E-state index contributed by atoms with van der Waals surface area (Å²) in [6, 6.07) is 5.96. The number of hydrogen-bond donors (Lipinski definition) is 2. The Kier molecular flexibility index (Phi) is 6.19. The van der Waals surface area contributed by atoms with Crippen LogP contribution in [0.2, 0.25) is 5.02 Å². The number of fused-ring (bicyclic) bond motifs is 3. The molecule has 0 aliphatic heterocycles. The zero-order valence-electron chi connectivity index (χ0n) is 18.4. The van der Waals surface area contributed by atoms with E-state index in [1.54, 1.807) is 12.1 Å². The van der Waals surface area contributed by atoms with Crippen LogP contribution in [0.15, 0.2) is 24.3 Å². The number of aromatic nitrogens is 1. The van der Waals surface area contributed by atoms with Crippen molar-refractivity contribution in [3.63, 3.8) is 0 Å². The van der Waals surface area contributed by atoms with Crippen molar-refractivity contribution in [2.45, 2.75) is 76.0 Å². The van der Waals surface area contributed by atoms with Crippen LogP contribution in [0.1, 0.15) is 63.5 Å². The Labute approximate surface area is 196 Å². The fourth-order valence-corrected chi connectivity index (χ4v) is 6.39. The van der Waals surface area contributed by atoms with Gasteiger partial charge in [0.15, 0.2) is 0 Å². The van der Waals surface area contributed by atoms with Crippen LogP contribution in [0.4, 0.5) is 18.9 Å². The van der Waals surface area contributed by atoms with E-state index in [0.717, 1.165) is 43.6 Å². The molecule has 0 radical (unpaired) electrons. The van der Waals surface area contributed by atoms with Crippen molar-refractivity contribution in [2.75, 3.05) is 5.32 Å². The normalized spacial score (nSPS) is 29.4. The second-order valence-corrected chi connectivity index (χ2v) is 10.6. The maximum atomic E-state index is 13.4. The lowest BCUT2D eigenvalue weighted by Crippen LogP contribution is -2.41. The minimum Gasteiger partial charge on any atom is -0.382 e. The molecular formula is C25H29ClF3N3O. The van der Waals surface area contributed by atoms with Gasteiger partial charge in [0.2, 0.25) is 5.91 Å². The fraction of sp³-hybridized carbons (Fsp3) is 0.600. The molecule has 8 heteroatoms. The van der Waals surface area contributed by atoms with E-state index in [4.69, 9.17) is 11.6 Å². The number of carbonyl (C=O) groups is 1. The molecule has 4 nitrogen and oxygen atoms in total. The SMILES string of the molecule is O=C(CC1CC2CCC1C2)NC1CCC(Nc2cc(C(F)(F)F)nc3ccc(Cl)cc23)CC1. The lowest BCUT2D eigenvalue weighted by molar-refractivity contribution is -0.140. The summed E-state index contributed by atoms with van der Waals surface area (Å²) in [6.07, 6.45) is 4.45. The van der Waals surface area contributed by atoms with Crippen molar-refractivity contribution < 1.29 is 18.0 Å². The molecule has 1 amide bonds. The lowest BCUT2D eigenvalue weighted by atomic mass is 9.86. The van der Waals surface area contributed by atoms with Gasteiger partial charge in [-0.05, 0) is 87.0 Å². The van der Waals surface area contributed by atoms with Gasteiger partial charge in [0.1, 0.15) is 5.69 Å². The molecule has 2 aromatic rings. The average molecular weight is 480 g/mol. The number of anilines is 1. The van der Waals surface area contributed by atoms with Crippen molar-refractivity contribution in [2.24, 2.45) is 17.8 Å². The van der Waals surface area contributed by atoms with Gasteiger partial charge in [0.05, 0.1) is 5.52 Å². The molecule has 5 rings (SSSR count). The van der Waals surface area contributed by atoms with Gasteiger partial charge >= 0.3 is 6.18 Å². The number of nitrogens with zero attached hydrogens (tertiary/aromatic N) is 1. The molecule has 1 aromatic heterocycles. The molecule has 2 bridgehead atoms. The van der Waals surface area contributed by atoms with Crippen molar-refractivity contribution in [1.82, 2.24) is 10.3 Å². The highest BCUT2D eigenvalue weighted by molar-refractivity contribution is 6.31. The van der Waals surface area contributed by atoms with Gasteiger partial charge in [-0.3, -0.25) is 4.79 Å². The van der Waals surface area contributed by atoms with Crippen LogP contribution in [-0.4, -0.2) is 23.0 Å². The molecule has 3 unspecified atom stereocenters.